The molecule has 1 aliphatic carbocycles. The molecule has 0 saturated heterocycles. The first-order valence-electron chi connectivity index (χ1n) is 6.62. The summed E-state index contributed by atoms with van der Waals surface area (Å²) >= 11 is 0. The van der Waals surface area contributed by atoms with Crippen LogP contribution in [0.2, 0.25) is 0 Å². The summed E-state index contributed by atoms with van der Waals surface area (Å²) in [5.41, 5.74) is 4.38. The number of nitrogens with one attached hydrogen (secondary N) is 2. The average Bonchev–Trinajstić information content (AvgIpc) is 3.06. The zero-order chi connectivity index (χ0) is 13.3. The summed E-state index contributed by atoms with van der Waals surface area (Å²) in [6.45, 7) is 8.20. The van der Waals surface area contributed by atoms with Gasteiger partial charge in [0.05, 0.1) is 0 Å². The van der Waals surface area contributed by atoms with Crippen LogP contribution in [0.5, 0.6) is 0 Å². The van der Waals surface area contributed by atoms with E-state index in [1.807, 2.05) is 13.8 Å². The van der Waals surface area contributed by atoms with Gasteiger partial charge in [0.15, 0.2) is 0 Å². The number of hydrogen-bond acceptors (Lipinski definition) is 1. The van der Waals surface area contributed by atoms with Crippen LogP contribution in [0.1, 0.15) is 36.5 Å². The van der Waals surface area contributed by atoms with E-state index in [2.05, 4.69) is 36.6 Å². The van der Waals surface area contributed by atoms with Crippen LogP contribution in [-0.2, 0) is 0 Å². The molecule has 2 rings (SSSR count). The normalized spacial score (nSPS) is 16.2. The van der Waals surface area contributed by atoms with Crippen molar-refractivity contribution in [2.45, 2.75) is 46.6 Å². The van der Waals surface area contributed by atoms with Crippen molar-refractivity contribution in [3.8, 4) is 0 Å². The topological polar surface area (TPSA) is 41.1 Å². The molecule has 3 heteroatoms. The van der Waals surface area contributed by atoms with Gasteiger partial charge in [-0.25, -0.2) is 4.79 Å². The molecular formula is C15H22N2O. The number of carbonyl (C=O) groups is 1. The summed E-state index contributed by atoms with van der Waals surface area (Å²) < 4.78 is 0. The zero-order valence-corrected chi connectivity index (χ0v) is 11.6. The Morgan fingerprint density at radius 1 is 1.22 bits per heavy atom. The largest absolute Gasteiger partial charge is 0.335 e. The van der Waals surface area contributed by atoms with Crippen LogP contribution in [0.15, 0.2) is 12.1 Å². The molecule has 1 aromatic rings. The lowest BCUT2D eigenvalue weighted by atomic mass is 10.1. The maximum Gasteiger partial charge on any atom is 0.319 e. The number of carbonyl (C=O) groups excluding carboxylic acids is 1. The van der Waals surface area contributed by atoms with E-state index in [4.69, 9.17) is 0 Å². The lowest BCUT2D eigenvalue weighted by Crippen LogP contribution is -2.37. The van der Waals surface area contributed by atoms with Gasteiger partial charge in [0.25, 0.3) is 0 Å². The van der Waals surface area contributed by atoms with E-state index in [1.54, 1.807) is 0 Å². The molecule has 1 atom stereocenters. The number of rotatable bonds is 3. The Bertz CT molecular complexity index is 441. The molecule has 1 saturated carbocycles. The number of urea groups is 1. The van der Waals surface area contributed by atoms with Gasteiger partial charge in [-0.15, -0.1) is 0 Å². The number of benzene rings is 1. The lowest BCUT2D eigenvalue weighted by molar-refractivity contribution is 0.248. The van der Waals surface area contributed by atoms with Gasteiger partial charge in [-0.2, -0.15) is 0 Å². The van der Waals surface area contributed by atoms with Crippen molar-refractivity contribution in [2.75, 3.05) is 5.32 Å². The summed E-state index contributed by atoms with van der Waals surface area (Å²) in [6.07, 6.45) is 2.48. The second kappa shape index (κ2) is 5.01. The molecule has 1 aromatic carbocycles. The van der Waals surface area contributed by atoms with Crippen molar-refractivity contribution in [1.82, 2.24) is 5.32 Å². The van der Waals surface area contributed by atoms with Gasteiger partial charge in [-0.05, 0) is 57.6 Å². The zero-order valence-electron chi connectivity index (χ0n) is 11.6. The Hall–Kier alpha value is -1.51. The van der Waals surface area contributed by atoms with Gasteiger partial charge in [0.2, 0.25) is 0 Å². The molecule has 2 amide bonds. The number of aryl methyl sites for hydroxylation is 3. The quantitative estimate of drug-likeness (QED) is 0.841. The van der Waals surface area contributed by atoms with E-state index in [1.165, 1.54) is 18.4 Å². The SMILES string of the molecule is Cc1cc(C)c(NC(=O)NC(C)C2CC2)c(C)c1. The minimum Gasteiger partial charge on any atom is -0.335 e. The van der Waals surface area contributed by atoms with Crippen LogP contribution < -0.4 is 10.6 Å². The van der Waals surface area contributed by atoms with Crippen LogP contribution in [0.3, 0.4) is 0 Å². The monoisotopic (exact) mass is 246 g/mol. The fraction of sp³-hybridized carbons (Fsp3) is 0.533. The fourth-order valence-electron chi connectivity index (χ4n) is 2.45. The predicted octanol–water partition coefficient (Wildman–Crippen LogP) is 3.53. The van der Waals surface area contributed by atoms with Crippen molar-refractivity contribution >= 4 is 11.7 Å². The van der Waals surface area contributed by atoms with Gasteiger partial charge in [0.1, 0.15) is 0 Å². The van der Waals surface area contributed by atoms with Crippen molar-refractivity contribution in [2.24, 2.45) is 5.92 Å². The number of anilines is 1. The first-order chi connectivity index (χ1) is 8.47. The minimum absolute atomic E-state index is 0.0931. The lowest BCUT2D eigenvalue weighted by Gasteiger charge is -2.16. The second-order valence-electron chi connectivity index (χ2n) is 5.50. The van der Waals surface area contributed by atoms with Crippen molar-refractivity contribution in [1.29, 1.82) is 0 Å². The molecule has 2 N–H and O–H groups in total. The summed E-state index contributed by atoms with van der Waals surface area (Å²) in [7, 11) is 0. The van der Waals surface area contributed by atoms with Crippen LogP contribution in [0.25, 0.3) is 0 Å². The number of hydrogen-bond donors (Lipinski definition) is 2. The fourth-order valence-corrected chi connectivity index (χ4v) is 2.45. The van der Waals surface area contributed by atoms with Gasteiger partial charge in [-0.1, -0.05) is 17.7 Å². The standard InChI is InChI=1S/C15H22N2O/c1-9-7-10(2)14(11(3)8-9)17-15(18)16-12(4)13-5-6-13/h7-8,12-13H,5-6H2,1-4H3,(H2,16,17,18). The molecule has 0 bridgehead atoms. The summed E-state index contributed by atoms with van der Waals surface area (Å²) in [5, 5.41) is 5.98. The third kappa shape index (κ3) is 3.03. The predicted molar refractivity (Wildman–Crippen MR) is 75.0 cm³/mol. The van der Waals surface area contributed by atoms with E-state index in [9.17, 15) is 4.79 Å². The van der Waals surface area contributed by atoms with Crippen LogP contribution >= 0.6 is 0 Å². The van der Waals surface area contributed by atoms with E-state index in [0.29, 0.717) is 5.92 Å². The van der Waals surface area contributed by atoms with E-state index in [-0.39, 0.29) is 12.1 Å². The Morgan fingerprint density at radius 3 is 2.28 bits per heavy atom. The molecule has 0 heterocycles. The Labute approximate surface area is 109 Å². The van der Waals surface area contributed by atoms with Gasteiger partial charge in [-0.3, -0.25) is 0 Å². The third-order valence-corrected chi connectivity index (χ3v) is 3.60. The highest BCUT2D eigenvalue weighted by molar-refractivity contribution is 5.91. The highest BCUT2D eigenvalue weighted by Gasteiger charge is 2.28. The molecule has 98 valence electrons. The van der Waals surface area contributed by atoms with Crippen LogP contribution in [0, 0.1) is 26.7 Å². The Balaban J connectivity index is 2.02. The van der Waals surface area contributed by atoms with Gasteiger partial charge < -0.3 is 10.6 Å². The molecule has 1 aliphatic rings. The molecular weight excluding hydrogens is 224 g/mol. The molecule has 0 spiro atoms. The average molecular weight is 246 g/mol. The molecule has 18 heavy (non-hydrogen) atoms. The minimum atomic E-state index is -0.0931. The number of amides is 2. The first kappa shape index (κ1) is 12.9. The molecule has 0 aliphatic heterocycles. The summed E-state index contributed by atoms with van der Waals surface area (Å²) in [5.74, 6) is 0.677. The van der Waals surface area contributed by atoms with Crippen LogP contribution in [-0.4, -0.2) is 12.1 Å². The highest BCUT2D eigenvalue weighted by Crippen LogP contribution is 2.32. The highest BCUT2D eigenvalue weighted by atomic mass is 16.2. The van der Waals surface area contributed by atoms with Gasteiger partial charge >= 0.3 is 6.03 Å². The summed E-state index contributed by atoms with van der Waals surface area (Å²) in [6, 6.07) is 4.36. The van der Waals surface area contributed by atoms with Crippen molar-refractivity contribution in [3.05, 3.63) is 28.8 Å². The molecule has 1 fully saturated rings. The maximum atomic E-state index is 11.9. The molecule has 0 radical (unpaired) electrons. The first-order valence-corrected chi connectivity index (χ1v) is 6.62. The Morgan fingerprint density at radius 2 is 1.78 bits per heavy atom. The van der Waals surface area contributed by atoms with Crippen molar-refractivity contribution in [3.63, 3.8) is 0 Å². The molecule has 1 unspecified atom stereocenters. The smallest absolute Gasteiger partial charge is 0.319 e. The van der Waals surface area contributed by atoms with E-state index < -0.39 is 0 Å². The van der Waals surface area contributed by atoms with Gasteiger partial charge in [0, 0.05) is 11.7 Å². The third-order valence-electron chi connectivity index (χ3n) is 3.60. The van der Waals surface area contributed by atoms with Crippen LogP contribution in [0.4, 0.5) is 10.5 Å². The molecule has 3 nitrogen and oxygen atoms in total. The van der Waals surface area contributed by atoms with E-state index >= 15 is 0 Å². The maximum absolute atomic E-state index is 11.9. The van der Waals surface area contributed by atoms with E-state index in [0.717, 1.165) is 16.8 Å². The Kier molecular flexibility index (Phi) is 3.60. The molecule has 0 aromatic heterocycles. The summed E-state index contributed by atoms with van der Waals surface area (Å²) in [4.78, 5) is 11.9. The second-order valence-corrected chi connectivity index (χ2v) is 5.50. The van der Waals surface area contributed by atoms with Crippen molar-refractivity contribution < 1.29 is 4.79 Å².